The Morgan fingerprint density at radius 2 is 1.79 bits per heavy atom. The van der Waals surface area contributed by atoms with Crippen LogP contribution in [0.3, 0.4) is 0 Å². The molecule has 14 heavy (non-hydrogen) atoms. The standard InChI is InChI=1S/C8H12F4O2/c1-3-6(13)14-5-4-8(11,12)7(2,9)10/h3-5H2,1-2H3. The van der Waals surface area contributed by atoms with E-state index in [2.05, 4.69) is 4.74 Å². The number of ether oxygens (including phenoxy) is 1. The fourth-order valence-corrected chi connectivity index (χ4v) is 0.615. The number of hydrogen-bond acceptors (Lipinski definition) is 2. The van der Waals surface area contributed by atoms with Crippen LogP contribution in [0.15, 0.2) is 0 Å². The molecule has 0 aliphatic rings. The monoisotopic (exact) mass is 216 g/mol. The molecule has 0 aliphatic heterocycles. The maximum absolute atomic E-state index is 12.5. The minimum absolute atomic E-state index is 0.0358. The molecule has 0 aliphatic carbocycles. The van der Waals surface area contributed by atoms with E-state index in [1.54, 1.807) is 0 Å². The highest BCUT2D eigenvalue weighted by atomic mass is 19.3. The summed E-state index contributed by atoms with van der Waals surface area (Å²) < 4.78 is 53.8. The predicted molar refractivity (Wildman–Crippen MR) is 41.4 cm³/mol. The Balaban J connectivity index is 3.95. The van der Waals surface area contributed by atoms with Crippen LogP contribution in [0.5, 0.6) is 0 Å². The second-order valence-corrected chi connectivity index (χ2v) is 2.92. The van der Waals surface area contributed by atoms with Crippen molar-refractivity contribution in [3.05, 3.63) is 0 Å². The molecule has 0 atom stereocenters. The molecule has 0 heterocycles. The molecule has 84 valence electrons. The lowest BCUT2D eigenvalue weighted by Crippen LogP contribution is -2.38. The number of alkyl halides is 4. The van der Waals surface area contributed by atoms with Crippen LogP contribution in [-0.2, 0) is 9.53 Å². The molecular weight excluding hydrogens is 204 g/mol. The molecule has 0 rings (SSSR count). The van der Waals surface area contributed by atoms with Crippen LogP contribution >= 0.6 is 0 Å². The van der Waals surface area contributed by atoms with E-state index in [1.807, 2.05) is 0 Å². The third-order valence-corrected chi connectivity index (χ3v) is 1.61. The summed E-state index contributed by atoms with van der Waals surface area (Å²) in [6.07, 6.45) is -1.13. The summed E-state index contributed by atoms with van der Waals surface area (Å²) in [4.78, 5) is 10.5. The van der Waals surface area contributed by atoms with Crippen molar-refractivity contribution in [3.63, 3.8) is 0 Å². The summed E-state index contributed by atoms with van der Waals surface area (Å²) in [7, 11) is 0. The summed E-state index contributed by atoms with van der Waals surface area (Å²) >= 11 is 0. The highest BCUT2D eigenvalue weighted by Gasteiger charge is 2.51. The molecule has 0 fully saturated rings. The quantitative estimate of drug-likeness (QED) is 0.521. The molecule has 0 bridgehead atoms. The molecule has 0 unspecified atom stereocenters. The van der Waals surface area contributed by atoms with E-state index in [4.69, 9.17) is 0 Å². The van der Waals surface area contributed by atoms with Gasteiger partial charge in [-0.25, -0.2) is 8.78 Å². The van der Waals surface area contributed by atoms with Gasteiger partial charge in [0, 0.05) is 13.3 Å². The number of rotatable bonds is 5. The first kappa shape index (κ1) is 13.2. The van der Waals surface area contributed by atoms with Gasteiger partial charge in [0.2, 0.25) is 0 Å². The zero-order valence-corrected chi connectivity index (χ0v) is 7.95. The van der Waals surface area contributed by atoms with Crippen molar-refractivity contribution in [2.45, 2.75) is 38.5 Å². The van der Waals surface area contributed by atoms with Crippen LogP contribution in [0.2, 0.25) is 0 Å². The van der Waals surface area contributed by atoms with Crippen LogP contribution in [0, 0.1) is 0 Å². The van der Waals surface area contributed by atoms with E-state index in [-0.39, 0.29) is 13.3 Å². The second-order valence-electron chi connectivity index (χ2n) is 2.92. The number of carbonyl (C=O) groups excluding carboxylic acids is 1. The minimum atomic E-state index is -4.14. The summed E-state index contributed by atoms with van der Waals surface area (Å²) in [5.41, 5.74) is 0. The third-order valence-electron chi connectivity index (χ3n) is 1.61. The molecular formula is C8H12F4O2. The van der Waals surface area contributed by atoms with Crippen LogP contribution < -0.4 is 0 Å². The van der Waals surface area contributed by atoms with Crippen LogP contribution in [0.25, 0.3) is 0 Å². The molecule has 0 aromatic heterocycles. The lowest BCUT2D eigenvalue weighted by molar-refractivity contribution is -0.206. The Morgan fingerprint density at radius 3 is 2.14 bits per heavy atom. The molecule has 0 saturated carbocycles. The van der Waals surface area contributed by atoms with Gasteiger partial charge in [-0.1, -0.05) is 6.92 Å². The first-order valence-corrected chi connectivity index (χ1v) is 4.12. The molecule has 0 spiro atoms. The van der Waals surface area contributed by atoms with Gasteiger partial charge in [0.05, 0.1) is 13.0 Å². The Kier molecular flexibility index (Phi) is 4.35. The van der Waals surface area contributed by atoms with Crippen molar-refractivity contribution in [2.24, 2.45) is 0 Å². The summed E-state index contributed by atoms with van der Waals surface area (Å²) in [6, 6.07) is 0. The van der Waals surface area contributed by atoms with Crippen molar-refractivity contribution in [1.82, 2.24) is 0 Å². The van der Waals surface area contributed by atoms with Gasteiger partial charge in [0.25, 0.3) is 0 Å². The van der Waals surface area contributed by atoms with Crippen molar-refractivity contribution in [2.75, 3.05) is 6.61 Å². The highest BCUT2D eigenvalue weighted by molar-refractivity contribution is 5.68. The fourth-order valence-electron chi connectivity index (χ4n) is 0.615. The van der Waals surface area contributed by atoms with Crippen molar-refractivity contribution < 1.29 is 27.1 Å². The zero-order chi connectivity index (χ0) is 11.4. The molecule has 0 radical (unpaired) electrons. The fraction of sp³-hybridized carbons (Fsp3) is 0.875. The average molecular weight is 216 g/mol. The number of halogens is 4. The smallest absolute Gasteiger partial charge is 0.313 e. The summed E-state index contributed by atoms with van der Waals surface area (Å²) in [5, 5.41) is 0. The van der Waals surface area contributed by atoms with Gasteiger partial charge in [-0.05, 0) is 0 Å². The molecule has 6 heteroatoms. The maximum Gasteiger partial charge on any atom is 0.313 e. The van der Waals surface area contributed by atoms with Gasteiger partial charge < -0.3 is 4.74 Å². The Hall–Kier alpha value is -0.810. The van der Waals surface area contributed by atoms with Gasteiger partial charge in [-0.2, -0.15) is 8.78 Å². The lowest BCUT2D eigenvalue weighted by atomic mass is 10.1. The number of hydrogen-bond donors (Lipinski definition) is 0. The van der Waals surface area contributed by atoms with Crippen LogP contribution in [0.1, 0.15) is 26.7 Å². The largest absolute Gasteiger partial charge is 0.465 e. The average Bonchev–Trinajstić information content (AvgIpc) is 2.01. The van der Waals surface area contributed by atoms with E-state index in [0.29, 0.717) is 0 Å². The first-order valence-electron chi connectivity index (χ1n) is 4.12. The van der Waals surface area contributed by atoms with Crippen molar-refractivity contribution in [1.29, 1.82) is 0 Å². The lowest BCUT2D eigenvalue weighted by Gasteiger charge is -2.22. The predicted octanol–water partition coefficient (Wildman–Crippen LogP) is 2.62. The first-order chi connectivity index (χ1) is 6.20. The second kappa shape index (κ2) is 4.61. The Bertz CT molecular complexity index is 198. The van der Waals surface area contributed by atoms with Crippen molar-refractivity contribution in [3.8, 4) is 0 Å². The Morgan fingerprint density at radius 1 is 1.29 bits per heavy atom. The van der Waals surface area contributed by atoms with Crippen molar-refractivity contribution >= 4 is 5.97 Å². The van der Waals surface area contributed by atoms with E-state index in [1.165, 1.54) is 6.92 Å². The van der Waals surface area contributed by atoms with Gasteiger partial charge >= 0.3 is 17.8 Å². The molecule has 0 N–H and O–H groups in total. The number of esters is 1. The van der Waals surface area contributed by atoms with Crippen LogP contribution in [-0.4, -0.2) is 24.4 Å². The molecule has 0 aromatic rings. The van der Waals surface area contributed by atoms with E-state index in [0.717, 1.165) is 0 Å². The number of carbonyl (C=O) groups is 1. The van der Waals surface area contributed by atoms with Crippen LogP contribution in [0.4, 0.5) is 17.6 Å². The summed E-state index contributed by atoms with van der Waals surface area (Å²) in [5.74, 6) is -8.91. The van der Waals surface area contributed by atoms with E-state index in [9.17, 15) is 22.4 Å². The SMILES string of the molecule is CCC(=O)OCCC(F)(F)C(C)(F)F. The van der Waals surface area contributed by atoms with Gasteiger partial charge in [-0.3, -0.25) is 4.79 Å². The van der Waals surface area contributed by atoms with Gasteiger partial charge in [0.1, 0.15) is 0 Å². The Labute approximate surface area is 79.2 Å². The van der Waals surface area contributed by atoms with Gasteiger partial charge in [0.15, 0.2) is 0 Å². The highest BCUT2D eigenvalue weighted by Crippen LogP contribution is 2.36. The molecule has 2 nitrogen and oxygen atoms in total. The molecule has 0 aromatic carbocycles. The maximum atomic E-state index is 12.5. The zero-order valence-electron chi connectivity index (χ0n) is 7.95. The van der Waals surface area contributed by atoms with E-state index < -0.39 is 30.8 Å². The van der Waals surface area contributed by atoms with E-state index >= 15 is 0 Å². The minimum Gasteiger partial charge on any atom is -0.465 e. The van der Waals surface area contributed by atoms with Gasteiger partial charge in [-0.15, -0.1) is 0 Å². The molecule has 0 amide bonds. The third kappa shape index (κ3) is 3.93. The normalized spacial score (nSPS) is 12.7. The molecule has 0 saturated heterocycles. The topological polar surface area (TPSA) is 26.3 Å². The summed E-state index contributed by atoms with van der Waals surface area (Å²) in [6.45, 7) is 0.923.